The van der Waals surface area contributed by atoms with Gasteiger partial charge < -0.3 is 10.2 Å². The highest BCUT2D eigenvalue weighted by atomic mass is 35.5. The highest BCUT2D eigenvalue weighted by Crippen LogP contribution is 2.31. The van der Waals surface area contributed by atoms with Crippen LogP contribution in [-0.2, 0) is 32.6 Å². The molecule has 1 atom stereocenters. The second-order valence-corrected chi connectivity index (χ2v) is 14.9. The molecule has 0 spiro atoms. The molecule has 0 aromatic heterocycles. The molecular weight excluding hydrogens is 676 g/mol. The highest BCUT2D eigenvalue weighted by molar-refractivity contribution is 7.92. The molecule has 2 amide bonds. The monoisotopic (exact) mass is 711 g/mol. The number of anilines is 1. The van der Waals surface area contributed by atoms with Crippen LogP contribution in [0, 0.1) is 0 Å². The molecule has 0 unspecified atom stereocenters. The van der Waals surface area contributed by atoms with E-state index in [0.29, 0.717) is 27.1 Å². The number of halogens is 4. The quantitative estimate of drug-likeness (QED) is 0.195. The topological polar surface area (TPSA) is 86.8 Å². The highest BCUT2D eigenvalue weighted by Gasteiger charge is 2.32. The molecule has 0 saturated heterocycles. The first kappa shape index (κ1) is 35.4. The van der Waals surface area contributed by atoms with Crippen molar-refractivity contribution >= 4 is 73.9 Å². The van der Waals surface area contributed by atoms with Gasteiger partial charge >= 0.3 is 0 Å². The van der Waals surface area contributed by atoms with Gasteiger partial charge in [0.2, 0.25) is 21.8 Å². The standard InChI is InChI=1S/C33H37Cl4N3O4S/c1-45(43,44)40(30-21-25(34)15-17-28(30)36)18-8-13-32(41)39(22-24-14-16-27(35)29(37)19-24)31(20-23-9-4-2-5-10-23)33(42)38-26-11-6-3-7-12-26/h2,4-5,9-10,14-17,19,21,26,31H,3,6-8,11-13,18,20,22H2,1H3,(H,38,42)/t31-/m0/s1. The van der Waals surface area contributed by atoms with Crippen LogP contribution in [0.4, 0.5) is 5.69 Å². The molecule has 0 radical (unpaired) electrons. The summed E-state index contributed by atoms with van der Waals surface area (Å²) in [5, 5.41) is 4.49. The molecule has 45 heavy (non-hydrogen) atoms. The Balaban J connectivity index is 1.62. The van der Waals surface area contributed by atoms with Crippen molar-refractivity contribution in [3.05, 3.63) is 97.9 Å². The van der Waals surface area contributed by atoms with E-state index in [4.69, 9.17) is 46.4 Å². The minimum atomic E-state index is -3.75. The third-order valence-electron chi connectivity index (χ3n) is 7.89. The molecule has 7 nitrogen and oxygen atoms in total. The summed E-state index contributed by atoms with van der Waals surface area (Å²) in [5.41, 5.74) is 1.86. The van der Waals surface area contributed by atoms with Crippen LogP contribution in [0.2, 0.25) is 20.1 Å². The van der Waals surface area contributed by atoms with Crippen LogP contribution in [0.1, 0.15) is 56.1 Å². The minimum absolute atomic E-state index is 0.0110. The van der Waals surface area contributed by atoms with Gasteiger partial charge in [0, 0.05) is 37.0 Å². The third kappa shape index (κ3) is 10.2. The van der Waals surface area contributed by atoms with Crippen LogP contribution in [0.25, 0.3) is 0 Å². The summed E-state index contributed by atoms with van der Waals surface area (Å²) in [6, 6.07) is 18.5. The fourth-order valence-corrected chi connectivity index (χ4v) is 7.32. The minimum Gasteiger partial charge on any atom is -0.352 e. The molecule has 3 aromatic carbocycles. The lowest BCUT2D eigenvalue weighted by Crippen LogP contribution is -2.53. The smallest absolute Gasteiger partial charge is 0.243 e. The van der Waals surface area contributed by atoms with E-state index in [0.717, 1.165) is 48.2 Å². The summed E-state index contributed by atoms with van der Waals surface area (Å²) in [4.78, 5) is 29.6. The Morgan fingerprint density at radius 3 is 2.22 bits per heavy atom. The first-order chi connectivity index (χ1) is 21.4. The van der Waals surface area contributed by atoms with E-state index in [2.05, 4.69) is 5.32 Å². The van der Waals surface area contributed by atoms with E-state index in [1.165, 1.54) is 12.1 Å². The zero-order valence-electron chi connectivity index (χ0n) is 25.0. The van der Waals surface area contributed by atoms with Gasteiger partial charge in [-0.15, -0.1) is 0 Å². The van der Waals surface area contributed by atoms with Gasteiger partial charge in [0.25, 0.3) is 0 Å². The van der Waals surface area contributed by atoms with Gasteiger partial charge in [0.1, 0.15) is 6.04 Å². The number of sulfonamides is 1. The number of carbonyl (C=O) groups excluding carboxylic acids is 2. The molecule has 0 aliphatic heterocycles. The third-order valence-corrected chi connectivity index (χ3v) is 10.4. The van der Waals surface area contributed by atoms with E-state index in [1.54, 1.807) is 29.2 Å². The Kier molecular flexibility index (Phi) is 12.9. The fourth-order valence-electron chi connectivity index (χ4n) is 5.59. The predicted molar refractivity (Wildman–Crippen MR) is 184 cm³/mol. The molecule has 0 heterocycles. The predicted octanol–water partition coefficient (Wildman–Crippen LogP) is 7.94. The number of carbonyl (C=O) groups is 2. The number of hydrogen-bond acceptors (Lipinski definition) is 4. The molecule has 1 N–H and O–H groups in total. The van der Waals surface area contributed by atoms with Crippen molar-refractivity contribution in [3.63, 3.8) is 0 Å². The second-order valence-electron chi connectivity index (χ2n) is 11.4. The number of nitrogens with one attached hydrogen (secondary N) is 1. The first-order valence-electron chi connectivity index (χ1n) is 14.9. The molecule has 1 fully saturated rings. The zero-order chi connectivity index (χ0) is 32.6. The average Bonchev–Trinajstić information content (AvgIpc) is 3.00. The normalized spacial score (nSPS) is 14.5. The van der Waals surface area contributed by atoms with Gasteiger partial charge in [-0.2, -0.15) is 0 Å². The zero-order valence-corrected chi connectivity index (χ0v) is 28.9. The van der Waals surface area contributed by atoms with Crippen molar-refractivity contribution in [3.8, 4) is 0 Å². The Morgan fingerprint density at radius 2 is 1.56 bits per heavy atom. The largest absolute Gasteiger partial charge is 0.352 e. The van der Waals surface area contributed by atoms with Crippen LogP contribution in [0.5, 0.6) is 0 Å². The van der Waals surface area contributed by atoms with Gasteiger partial charge in [-0.25, -0.2) is 8.42 Å². The van der Waals surface area contributed by atoms with Crippen molar-refractivity contribution in [2.45, 2.75) is 70.0 Å². The Hall–Kier alpha value is -2.49. The second kappa shape index (κ2) is 16.4. The van der Waals surface area contributed by atoms with Crippen molar-refractivity contribution in [2.75, 3.05) is 17.1 Å². The van der Waals surface area contributed by atoms with Crippen LogP contribution < -0.4 is 9.62 Å². The van der Waals surface area contributed by atoms with Crippen LogP contribution in [-0.4, -0.2) is 50.0 Å². The summed E-state index contributed by atoms with van der Waals surface area (Å²) < 4.78 is 26.6. The molecule has 0 bridgehead atoms. The number of amides is 2. The van der Waals surface area contributed by atoms with Crippen LogP contribution >= 0.6 is 46.4 Å². The van der Waals surface area contributed by atoms with Gasteiger partial charge in [0.05, 0.1) is 27.0 Å². The SMILES string of the molecule is CS(=O)(=O)N(CCCC(=O)N(Cc1ccc(Cl)c(Cl)c1)[C@@H](Cc1ccccc1)C(=O)NC1CCCCC1)c1cc(Cl)ccc1Cl. The summed E-state index contributed by atoms with van der Waals surface area (Å²) in [6.07, 6.45) is 6.58. The summed E-state index contributed by atoms with van der Waals surface area (Å²) in [6.45, 7) is 0.101. The van der Waals surface area contributed by atoms with Gasteiger partial charge in [-0.05, 0) is 60.7 Å². The van der Waals surface area contributed by atoms with Crippen molar-refractivity contribution in [1.29, 1.82) is 0 Å². The lowest BCUT2D eigenvalue weighted by atomic mass is 9.94. The Labute approximate surface area is 285 Å². The Bertz CT molecular complexity index is 1580. The number of hydrogen-bond donors (Lipinski definition) is 1. The van der Waals surface area contributed by atoms with Crippen LogP contribution in [0.15, 0.2) is 66.7 Å². The molecule has 1 aliphatic rings. The molecule has 242 valence electrons. The van der Waals surface area contributed by atoms with Crippen molar-refractivity contribution in [1.82, 2.24) is 10.2 Å². The number of benzene rings is 3. The molecule has 1 aliphatic carbocycles. The number of nitrogens with zero attached hydrogens (tertiary/aromatic N) is 2. The first-order valence-corrected chi connectivity index (χ1v) is 18.3. The lowest BCUT2D eigenvalue weighted by molar-refractivity contribution is -0.141. The van der Waals surface area contributed by atoms with E-state index in [9.17, 15) is 18.0 Å². The molecule has 4 rings (SSSR count). The van der Waals surface area contributed by atoms with Crippen LogP contribution in [0.3, 0.4) is 0 Å². The van der Waals surface area contributed by atoms with E-state index in [-0.39, 0.29) is 54.5 Å². The van der Waals surface area contributed by atoms with Gasteiger partial charge in [-0.1, -0.05) is 102 Å². The summed E-state index contributed by atoms with van der Waals surface area (Å²) in [5.74, 6) is -0.519. The van der Waals surface area contributed by atoms with Gasteiger partial charge in [-0.3, -0.25) is 13.9 Å². The number of rotatable bonds is 13. The lowest BCUT2D eigenvalue weighted by Gasteiger charge is -2.34. The molecule has 1 saturated carbocycles. The molecule has 3 aromatic rings. The molecular formula is C33H37Cl4N3O4S. The van der Waals surface area contributed by atoms with E-state index >= 15 is 0 Å². The molecule has 12 heteroatoms. The Morgan fingerprint density at radius 1 is 0.867 bits per heavy atom. The fraction of sp³-hybridized carbons (Fsp3) is 0.394. The van der Waals surface area contributed by atoms with Crippen molar-refractivity contribution in [2.24, 2.45) is 0 Å². The average molecular weight is 714 g/mol. The van der Waals surface area contributed by atoms with Gasteiger partial charge in [0.15, 0.2) is 0 Å². The summed E-state index contributed by atoms with van der Waals surface area (Å²) in [7, 11) is -3.75. The maximum atomic E-state index is 14.1. The van der Waals surface area contributed by atoms with E-state index < -0.39 is 16.1 Å². The van der Waals surface area contributed by atoms with Crippen molar-refractivity contribution < 1.29 is 18.0 Å². The summed E-state index contributed by atoms with van der Waals surface area (Å²) >= 11 is 25.0. The maximum absolute atomic E-state index is 14.1. The maximum Gasteiger partial charge on any atom is 0.243 e. The van der Waals surface area contributed by atoms with E-state index in [1.807, 2.05) is 30.3 Å².